The van der Waals surface area contributed by atoms with Gasteiger partial charge in [-0.2, -0.15) is 10.2 Å². The van der Waals surface area contributed by atoms with Gasteiger partial charge >= 0.3 is 130 Å². The average Bonchev–Trinajstić information content (AvgIpc) is 1.74. The van der Waals surface area contributed by atoms with E-state index < -0.39 is 38.2 Å². The average molecular weight is 1490 g/mol. The summed E-state index contributed by atoms with van der Waals surface area (Å²) >= 11 is 16.1. The van der Waals surface area contributed by atoms with Crippen molar-refractivity contribution in [1.82, 2.24) is 58.8 Å². The molecule has 93 heavy (non-hydrogen) atoms. The molecule has 5 aliphatic heterocycles. The molecule has 13 rings (SSSR count). The molecular formula is C61H80BBrCl2F2K3N14O8P. The van der Waals surface area contributed by atoms with Crippen LogP contribution in [-0.2, 0) is 18.5 Å². The van der Waals surface area contributed by atoms with Gasteiger partial charge in [0.25, 0.3) is 0 Å². The first-order chi connectivity index (χ1) is 43.6. The van der Waals surface area contributed by atoms with Crippen molar-refractivity contribution in [2.75, 3.05) is 117 Å². The van der Waals surface area contributed by atoms with Gasteiger partial charge in [-0.1, -0.05) is 7.43 Å². The number of aromatic nitrogens is 8. The Hall–Kier alpha value is -0.666. The van der Waals surface area contributed by atoms with Gasteiger partial charge < -0.3 is 48.5 Å². The molecule has 0 N–H and O–H groups in total. The molecule has 1 unspecified atom stereocenters. The van der Waals surface area contributed by atoms with Crippen molar-refractivity contribution >= 4 is 168 Å². The van der Waals surface area contributed by atoms with Crippen LogP contribution in [0.5, 0.6) is 11.5 Å². The van der Waals surface area contributed by atoms with Crippen LogP contribution in [-0.4, -0.2) is 264 Å². The summed E-state index contributed by atoms with van der Waals surface area (Å²) in [5.74, 6) is -0.492. The van der Waals surface area contributed by atoms with Crippen LogP contribution in [0.15, 0.2) is 90.4 Å². The van der Waals surface area contributed by atoms with Gasteiger partial charge in [-0.15, -0.1) is 23.2 Å². The number of fused-ring (bicyclic) bond motifs is 4. The third-order valence-electron chi connectivity index (χ3n) is 17.3. The molecule has 5 fully saturated rings. The van der Waals surface area contributed by atoms with Gasteiger partial charge in [0.05, 0.1) is 89.5 Å². The van der Waals surface area contributed by atoms with Crippen molar-refractivity contribution in [3.05, 3.63) is 102 Å². The van der Waals surface area contributed by atoms with E-state index in [2.05, 4.69) is 102 Å². The molecule has 0 amide bonds. The first-order valence-electron chi connectivity index (χ1n) is 30.6. The number of alkyl halides is 2. The van der Waals surface area contributed by atoms with Gasteiger partial charge in [-0.05, 0) is 130 Å². The predicted octanol–water partition coefficient (Wildman–Crippen LogP) is 4.68. The molecule has 0 saturated carbocycles. The van der Waals surface area contributed by atoms with Gasteiger partial charge in [0.2, 0.25) is 0 Å². The van der Waals surface area contributed by atoms with Crippen molar-refractivity contribution in [3.63, 3.8) is 0 Å². The zero-order valence-corrected chi connectivity index (χ0v) is 67.9. The Morgan fingerprint density at radius 3 is 1.53 bits per heavy atom. The maximum absolute atomic E-state index is 14.2. The third-order valence-corrected chi connectivity index (χ3v) is 18.0. The number of rotatable bonds is 9. The Kier molecular flexibility index (Phi) is 33.6. The number of piperidine rings is 2. The Labute approximate surface area is 651 Å². The fraction of sp³-hybridized carbons (Fsp3) is 0.508. The second kappa shape index (κ2) is 38.4. The van der Waals surface area contributed by atoms with Crippen molar-refractivity contribution in [2.45, 2.75) is 95.9 Å². The zero-order valence-electron chi connectivity index (χ0n) is 54.6. The third kappa shape index (κ3) is 21.5. The van der Waals surface area contributed by atoms with Crippen LogP contribution in [0.25, 0.3) is 44.2 Å². The van der Waals surface area contributed by atoms with Crippen LogP contribution in [0, 0.1) is 11.6 Å². The number of pyridine rings is 2. The number of hydrogen-bond donors (Lipinski definition) is 0. The molecule has 1 atom stereocenters. The number of ether oxygens (including phenoxy) is 2. The molecule has 0 radical (unpaired) electrons. The summed E-state index contributed by atoms with van der Waals surface area (Å²) < 4.78 is 66.4. The van der Waals surface area contributed by atoms with Crippen LogP contribution < -0.4 is 86.3 Å². The molecule has 2 aromatic carbocycles. The fourth-order valence-corrected chi connectivity index (χ4v) is 12.0. The van der Waals surface area contributed by atoms with Gasteiger partial charge in [0.1, 0.15) is 4.84 Å². The van der Waals surface area contributed by atoms with E-state index in [0.29, 0.717) is 17.1 Å². The quantitative estimate of drug-likeness (QED) is 0.0630. The number of anilines is 2. The van der Waals surface area contributed by atoms with Crippen LogP contribution in [0.3, 0.4) is 0 Å². The zero-order chi connectivity index (χ0) is 65.7. The molecule has 22 nitrogen and oxygen atoms in total. The van der Waals surface area contributed by atoms with Gasteiger partial charge in [-0.3, -0.25) is 19.8 Å². The Balaban J connectivity index is 0.000000208. The van der Waals surface area contributed by atoms with Crippen molar-refractivity contribution in [2.24, 2.45) is 0 Å². The number of methoxy groups -OCH3 is 2. The molecule has 11 heterocycles. The Morgan fingerprint density at radius 2 is 1.08 bits per heavy atom. The fourth-order valence-electron chi connectivity index (χ4n) is 11.6. The van der Waals surface area contributed by atoms with E-state index in [9.17, 15) is 8.78 Å². The molecule has 488 valence electrons. The van der Waals surface area contributed by atoms with Gasteiger partial charge in [0, 0.05) is 131 Å². The van der Waals surface area contributed by atoms with E-state index in [1.807, 2.05) is 67.4 Å². The predicted molar refractivity (Wildman–Crippen MR) is 362 cm³/mol. The monoisotopic (exact) mass is 1480 g/mol. The normalized spacial score (nSPS) is 18.2. The Bertz CT molecular complexity index is 3680. The van der Waals surface area contributed by atoms with Crippen LogP contribution >= 0.6 is 47.4 Å². The number of hydrogen-bond acceptors (Lipinski definition) is 20. The summed E-state index contributed by atoms with van der Waals surface area (Å²) in [6, 6.07) is 11.3. The summed E-state index contributed by atoms with van der Waals surface area (Å²) in [4.78, 5) is 41.6. The first-order valence-corrected chi connectivity index (χ1v) is 49.3. The molecule has 6 aromatic heterocycles. The van der Waals surface area contributed by atoms with Crippen LogP contribution in [0.2, 0.25) is 0 Å². The molecule has 5 aliphatic rings. The van der Waals surface area contributed by atoms with E-state index in [-0.39, 0.29) is 75.1 Å². The van der Waals surface area contributed by atoms with Crippen molar-refractivity contribution < 1.29 is 98.3 Å². The number of nitrogens with zero attached hydrogens (tertiary/aromatic N) is 14. The van der Waals surface area contributed by atoms with E-state index in [1.54, 1.807) is 37.6 Å². The van der Waals surface area contributed by atoms with E-state index >= 15 is 0 Å². The summed E-state index contributed by atoms with van der Waals surface area (Å²) in [6.07, 6.45) is 19.8. The number of benzene rings is 2. The molecule has 0 bridgehead atoms. The summed E-state index contributed by atoms with van der Waals surface area (Å²) in [6.45, 7) is 23.5. The summed E-state index contributed by atoms with van der Waals surface area (Å²) in [5, 5.41) is 19.0. The van der Waals surface area contributed by atoms with Crippen molar-refractivity contribution in [3.8, 4) is 22.6 Å². The number of piperazine rings is 2. The number of likely N-dealkylation sites (N-methyl/N-ethyl adjacent to an activating group) is 2. The summed E-state index contributed by atoms with van der Waals surface area (Å²) in [7, 11) is 3.65. The molecule has 8 aromatic rings. The second-order valence-corrected chi connectivity index (χ2v) is 26.5. The van der Waals surface area contributed by atoms with Crippen LogP contribution in [0.1, 0.15) is 67.7 Å². The molecule has 5 saturated heterocycles. The van der Waals surface area contributed by atoms with E-state index in [1.165, 1.54) is 160 Å². The topological polar surface area (TPSA) is 215 Å². The minimum absolute atomic E-state index is 0. The Morgan fingerprint density at radius 1 is 0.667 bits per heavy atom. The molecule has 0 aliphatic carbocycles. The van der Waals surface area contributed by atoms with E-state index in [0.717, 1.165) is 94.1 Å². The van der Waals surface area contributed by atoms with Gasteiger partial charge in [-0.25, -0.2) is 32.5 Å². The standard InChI is InChI=1S/C26H30FN7O.C16H19BFNO3.C16H23BrN6.C2H4Cl2.CH4.3K.HO4P/c1-31-9-11-33(12-10-31)18-4-7-32(8-5-18)19-15-29-26-22(16-30-34(26)17-19)20-3-6-28-24-14-23(27)25(35-2)13-21(20)24;1-15(2)16(3,4)22-17(21-15)11-6-7-19-13-9-12(18)14(20-5)8-10(11)13;1-20-6-8-22(9-7-20)13-2-4-21(5-3-13)14-10-18-16-15(17)11-19-23(16)12-14;1-2(3)4;;;;;1-4-5(2)3/h3,6,13-18H,4-5,7-12H2,1-2H3;6-9H,1-5H3;10-13H,2-9H2,1H3;2H,1H3;1H4;;;;1H/q;;;;;;;+1;/p-1. The van der Waals surface area contributed by atoms with Crippen LogP contribution in [0.4, 0.5) is 20.2 Å². The summed E-state index contributed by atoms with van der Waals surface area (Å²) in [5.41, 5.74) is 6.75. The second-order valence-electron chi connectivity index (χ2n) is 23.5. The SMILES string of the molecule is C.CC(Cl)Cl.CN1CCN(C2CCN(c3cnc4c(Br)cnn4c3)CC2)CC1.COc1cc2c(-c3cnn4cc(N5CCC(N6CCN(C)CC6)CC5)cnc34)ccnc2cc1F.COc1cc2c(B3OC(C)(C)C(C)(C)O3)ccnc2cc1F.O=[P+]([O-])O[O-].[K+].[K][K]. The molecular weight excluding hydrogens is 1400 g/mol. The van der Waals surface area contributed by atoms with Gasteiger partial charge in [0.15, 0.2) is 34.4 Å². The minimum atomic E-state index is -3.15. The maximum atomic E-state index is 14.2. The number of halogens is 5. The molecule has 32 heteroatoms. The first kappa shape index (κ1) is 81.3. The van der Waals surface area contributed by atoms with Crippen molar-refractivity contribution in [1.29, 1.82) is 0 Å². The van der Waals surface area contributed by atoms with E-state index in [4.69, 9.17) is 61.7 Å². The molecule has 0 spiro atoms.